The standard InChI is InChI=1S/C24H33FN4O3/c1-4-11-26-23-22(25)21(9-12-27-23)29-13-10-20(14-29)32-19-7-5-18(6-8-19)17(3)24(31)28-16(2)15-30/h5-9,12,16-17,20,30H,4,10-11,13-15H2,1-3H3,(H,26,27)(H,28,31)/t16-,17?,20-/m1/s1. The first-order valence-electron chi connectivity index (χ1n) is 11.2. The highest BCUT2D eigenvalue weighted by Crippen LogP contribution is 2.29. The Morgan fingerprint density at radius 3 is 2.75 bits per heavy atom. The van der Waals surface area contributed by atoms with Gasteiger partial charge in [0, 0.05) is 31.7 Å². The summed E-state index contributed by atoms with van der Waals surface area (Å²) in [5.41, 5.74) is 1.41. The van der Waals surface area contributed by atoms with E-state index in [9.17, 15) is 9.18 Å². The zero-order valence-electron chi connectivity index (χ0n) is 19.0. The molecule has 0 radical (unpaired) electrons. The molecule has 1 aromatic heterocycles. The average Bonchev–Trinajstić information content (AvgIpc) is 3.26. The van der Waals surface area contributed by atoms with Crippen LogP contribution in [0.5, 0.6) is 5.75 Å². The van der Waals surface area contributed by atoms with Crippen molar-refractivity contribution in [2.75, 3.05) is 36.5 Å². The van der Waals surface area contributed by atoms with Gasteiger partial charge in [-0.05, 0) is 44.0 Å². The zero-order chi connectivity index (χ0) is 23.1. The number of anilines is 2. The molecule has 3 atom stereocenters. The monoisotopic (exact) mass is 444 g/mol. The number of ether oxygens (including phenoxy) is 1. The number of rotatable bonds is 10. The highest BCUT2D eigenvalue weighted by molar-refractivity contribution is 5.83. The summed E-state index contributed by atoms with van der Waals surface area (Å²) in [6, 6.07) is 8.90. The number of carbonyl (C=O) groups is 1. The van der Waals surface area contributed by atoms with Gasteiger partial charge in [0.25, 0.3) is 0 Å². The second-order valence-corrected chi connectivity index (χ2v) is 8.28. The van der Waals surface area contributed by atoms with E-state index in [1.54, 1.807) is 19.2 Å². The van der Waals surface area contributed by atoms with Gasteiger partial charge in [-0.25, -0.2) is 9.37 Å². The Morgan fingerprint density at radius 1 is 1.31 bits per heavy atom. The molecule has 2 heterocycles. The Kier molecular flexibility index (Phi) is 8.27. The Hall–Kier alpha value is -2.87. The number of hydrogen-bond donors (Lipinski definition) is 3. The van der Waals surface area contributed by atoms with Crippen LogP contribution in [0, 0.1) is 5.82 Å². The van der Waals surface area contributed by atoms with Crippen molar-refractivity contribution in [2.45, 2.75) is 51.7 Å². The SMILES string of the molecule is CCCNc1nccc(N2CC[C@@H](Oc3ccc(C(C)C(=O)N[C@H](C)CO)cc3)C2)c1F. The molecule has 0 saturated carbocycles. The van der Waals surface area contributed by atoms with Gasteiger partial charge < -0.3 is 25.4 Å². The second-order valence-electron chi connectivity index (χ2n) is 8.28. The third-order valence-corrected chi connectivity index (χ3v) is 5.64. The summed E-state index contributed by atoms with van der Waals surface area (Å²) in [4.78, 5) is 18.4. The quantitative estimate of drug-likeness (QED) is 0.521. The van der Waals surface area contributed by atoms with Gasteiger partial charge >= 0.3 is 0 Å². The van der Waals surface area contributed by atoms with E-state index in [1.165, 1.54) is 0 Å². The highest BCUT2D eigenvalue weighted by Gasteiger charge is 2.27. The minimum atomic E-state index is -0.329. The molecule has 3 N–H and O–H groups in total. The van der Waals surface area contributed by atoms with Crippen molar-refractivity contribution < 1.29 is 19.0 Å². The Bertz CT molecular complexity index is 893. The fraction of sp³-hybridized carbons (Fsp3) is 0.500. The molecule has 1 amide bonds. The van der Waals surface area contributed by atoms with Crippen LogP contribution >= 0.6 is 0 Å². The maximum atomic E-state index is 14.8. The van der Waals surface area contributed by atoms with Gasteiger partial charge in [-0.3, -0.25) is 4.79 Å². The molecule has 8 heteroatoms. The molecule has 0 bridgehead atoms. The third-order valence-electron chi connectivity index (χ3n) is 5.64. The van der Waals surface area contributed by atoms with E-state index < -0.39 is 0 Å². The molecule has 1 aromatic carbocycles. The lowest BCUT2D eigenvalue weighted by Gasteiger charge is -2.21. The molecule has 1 unspecified atom stereocenters. The van der Waals surface area contributed by atoms with Crippen molar-refractivity contribution in [3.8, 4) is 5.75 Å². The number of halogens is 1. The second kappa shape index (κ2) is 11.1. The molecule has 2 aromatic rings. The Morgan fingerprint density at radius 2 is 2.06 bits per heavy atom. The molecule has 32 heavy (non-hydrogen) atoms. The number of amides is 1. The number of aliphatic hydroxyl groups excluding tert-OH is 1. The summed E-state index contributed by atoms with van der Waals surface area (Å²) >= 11 is 0. The maximum Gasteiger partial charge on any atom is 0.227 e. The molecule has 3 rings (SSSR count). The van der Waals surface area contributed by atoms with Gasteiger partial charge in [-0.1, -0.05) is 19.1 Å². The van der Waals surface area contributed by atoms with Crippen molar-refractivity contribution in [2.24, 2.45) is 0 Å². The lowest BCUT2D eigenvalue weighted by Crippen LogP contribution is -2.37. The predicted molar refractivity (Wildman–Crippen MR) is 124 cm³/mol. The van der Waals surface area contributed by atoms with E-state index in [2.05, 4.69) is 15.6 Å². The summed E-state index contributed by atoms with van der Waals surface area (Å²) in [7, 11) is 0. The van der Waals surface area contributed by atoms with Crippen LogP contribution in [0.2, 0.25) is 0 Å². The summed E-state index contributed by atoms with van der Waals surface area (Å²) in [5.74, 6) is 0.228. The molecular weight excluding hydrogens is 411 g/mol. The van der Waals surface area contributed by atoms with Crippen LogP contribution in [0.1, 0.15) is 45.1 Å². The van der Waals surface area contributed by atoms with Crippen LogP contribution in [0.15, 0.2) is 36.5 Å². The number of nitrogens with zero attached hydrogens (tertiary/aromatic N) is 2. The van der Waals surface area contributed by atoms with Crippen molar-refractivity contribution in [3.63, 3.8) is 0 Å². The molecular formula is C24H33FN4O3. The first-order chi connectivity index (χ1) is 15.4. The summed E-state index contributed by atoms with van der Waals surface area (Å²) in [6.07, 6.45) is 3.27. The van der Waals surface area contributed by atoms with E-state index in [4.69, 9.17) is 9.84 Å². The van der Waals surface area contributed by atoms with Gasteiger partial charge in [0.2, 0.25) is 5.91 Å². The lowest BCUT2D eigenvalue weighted by molar-refractivity contribution is -0.123. The van der Waals surface area contributed by atoms with Gasteiger partial charge in [0.1, 0.15) is 11.9 Å². The van der Waals surface area contributed by atoms with Gasteiger partial charge in [-0.15, -0.1) is 0 Å². The normalized spacial score (nSPS) is 17.7. The van der Waals surface area contributed by atoms with Crippen molar-refractivity contribution >= 4 is 17.4 Å². The van der Waals surface area contributed by atoms with Crippen LogP contribution in [0.4, 0.5) is 15.9 Å². The predicted octanol–water partition coefficient (Wildman–Crippen LogP) is 3.30. The number of benzene rings is 1. The van der Waals surface area contributed by atoms with E-state index in [0.29, 0.717) is 25.3 Å². The number of nitrogens with one attached hydrogen (secondary N) is 2. The summed E-state index contributed by atoms with van der Waals surface area (Å²) < 4.78 is 20.9. The Labute approximate surface area is 189 Å². The van der Waals surface area contributed by atoms with Gasteiger partial charge in [0.05, 0.1) is 24.8 Å². The van der Waals surface area contributed by atoms with Crippen LogP contribution in [-0.4, -0.2) is 54.4 Å². The fourth-order valence-corrected chi connectivity index (χ4v) is 3.68. The largest absolute Gasteiger partial charge is 0.489 e. The summed E-state index contributed by atoms with van der Waals surface area (Å²) in [6.45, 7) is 7.49. The lowest BCUT2D eigenvalue weighted by atomic mass is 10.00. The van der Waals surface area contributed by atoms with Crippen molar-refractivity contribution in [1.29, 1.82) is 0 Å². The number of pyridine rings is 1. The topological polar surface area (TPSA) is 86.7 Å². The molecule has 1 fully saturated rings. The number of hydrogen-bond acceptors (Lipinski definition) is 6. The van der Waals surface area contributed by atoms with E-state index in [0.717, 1.165) is 24.2 Å². The van der Waals surface area contributed by atoms with Gasteiger partial charge in [0.15, 0.2) is 11.6 Å². The van der Waals surface area contributed by atoms with E-state index in [1.807, 2.05) is 43.0 Å². The smallest absolute Gasteiger partial charge is 0.227 e. The molecule has 0 aliphatic carbocycles. The van der Waals surface area contributed by atoms with Crippen LogP contribution < -0.4 is 20.3 Å². The van der Waals surface area contributed by atoms with Gasteiger partial charge in [-0.2, -0.15) is 0 Å². The molecule has 1 aliphatic heterocycles. The number of carbonyl (C=O) groups excluding carboxylic acids is 1. The van der Waals surface area contributed by atoms with Crippen LogP contribution in [0.3, 0.4) is 0 Å². The zero-order valence-corrected chi connectivity index (χ0v) is 19.0. The molecule has 7 nitrogen and oxygen atoms in total. The molecule has 0 spiro atoms. The average molecular weight is 445 g/mol. The number of aromatic nitrogens is 1. The highest BCUT2D eigenvalue weighted by atomic mass is 19.1. The minimum absolute atomic E-state index is 0.0495. The molecule has 1 saturated heterocycles. The van der Waals surface area contributed by atoms with Crippen molar-refractivity contribution in [3.05, 3.63) is 47.9 Å². The van der Waals surface area contributed by atoms with Crippen molar-refractivity contribution in [1.82, 2.24) is 10.3 Å². The van der Waals surface area contributed by atoms with Crippen LogP contribution in [0.25, 0.3) is 0 Å². The fourth-order valence-electron chi connectivity index (χ4n) is 3.68. The van der Waals surface area contributed by atoms with E-state index >= 15 is 0 Å². The minimum Gasteiger partial charge on any atom is -0.489 e. The third kappa shape index (κ3) is 5.88. The number of aliphatic hydroxyl groups is 1. The van der Waals surface area contributed by atoms with Crippen LogP contribution in [-0.2, 0) is 4.79 Å². The molecule has 174 valence electrons. The first kappa shape index (κ1) is 23.8. The Balaban J connectivity index is 1.57. The first-order valence-corrected chi connectivity index (χ1v) is 11.2. The summed E-state index contributed by atoms with van der Waals surface area (Å²) in [5, 5.41) is 14.9. The maximum absolute atomic E-state index is 14.8. The van der Waals surface area contributed by atoms with E-state index in [-0.39, 0.29) is 42.2 Å². The molecule has 1 aliphatic rings.